The van der Waals surface area contributed by atoms with Crippen molar-refractivity contribution < 1.29 is 29.0 Å². The van der Waals surface area contributed by atoms with Gasteiger partial charge in [-0.25, -0.2) is 14.5 Å². The normalized spacial score (nSPS) is 17.3. The Kier molecular flexibility index (Phi) is 8.80. The number of ether oxygens (including phenoxy) is 2. The zero-order valence-electron chi connectivity index (χ0n) is 21.5. The molecule has 0 aliphatic heterocycles. The predicted octanol–water partition coefficient (Wildman–Crippen LogP) is 4.56. The number of pyridine rings is 1. The molecule has 202 valence electrons. The number of nitrogens with zero attached hydrogens (tertiary/aromatic N) is 5. The van der Waals surface area contributed by atoms with E-state index in [-0.39, 0.29) is 18.6 Å². The van der Waals surface area contributed by atoms with Gasteiger partial charge in [-0.15, -0.1) is 10.2 Å². The second-order valence-electron chi connectivity index (χ2n) is 9.27. The molecule has 0 saturated heterocycles. The Bertz CT molecular complexity index is 1280. The van der Waals surface area contributed by atoms with Crippen molar-refractivity contribution in [1.82, 2.24) is 25.0 Å². The Morgan fingerprint density at radius 1 is 1.18 bits per heavy atom. The maximum absolute atomic E-state index is 12.3. The Hall–Kier alpha value is -3.70. The van der Waals surface area contributed by atoms with Crippen LogP contribution in [0, 0.1) is 12.8 Å². The highest BCUT2D eigenvalue weighted by Gasteiger charge is 2.28. The SMILES string of the molecule is Cc1nc(-c2nnn(C)c2COC(=O)ON(C)Cc2ccc(Cl)cc2)ccc1O[C@H]1CCC[C@H](C(=O)O)C1. The summed E-state index contributed by atoms with van der Waals surface area (Å²) < 4.78 is 12.9. The maximum Gasteiger partial charge on any atom is 0.528 e. The van der Waals surface area contributed by atoms with Crippen molar-refractivity contribution >= 4 is 23.7 Å². The first-order valence-electron chi connectivity index (χ1n) is 12.3. The third kappa shape index (κ3) is 6.99. The van der Waals surface area contributed by atoms with Crippen molar-refractivity contribution in [3.05, 3.63) is 58.4 Å². The smallest absolute Gasteiger partial charge is 0.489 e. The minimum atomic E-state index is -0.867. The number of hydroxylamine groups is 2. The van der Waals surface area contributed by atoms with Gasteiger partial charge in [0.1, 0.15) is 23.7 Å². The molecule has 2 atom stereocenters. The van der Waals surface area contributed by atoms with Crippen LogP contribution < -0.4 is 4.74 Å². The van der Waals surface area contributed by atoms with Gasteiger partial charge in [0.2, 0.25) is 0 Å². The molecule has 0 bridgehead atoms. The van der Waals surface area contributed by atoms with E-state index in [9.17, 15) is 14.7 Å². The van der Waals surface area contributed by atoms with Gasteiger partial charge in [-0.05, 0) is 62.4 Å². The van der Waals surface area contributed by atoms with Crippen LogP contribution >= 0.6 is 11.6 Å². The second kappa shape index (κ2) is 12.2. The minimum absolute atomic E-state index is 0.121. The summed E-state index contributed by atoms with van der Waals surface area (Å²) in [4.78, 5) is 33.5. The average Bonchev–Trinajstić information content (AvgIpc) is 3.25. The van der Waals surface area contributed by atoms with Crippen molar-refractivity contribution in [2.24, 2.45) is 13.0 Å². The molecule has 1 aromatic carbocycles. The van der Waals surface area contributed by atoms with Gasteiger partial charge in [-0.3, -0.25) is 4.79 Å². The lowest BCUT2D eigenvalue weighted by Gasteiger charge is -2.27. The first kappa shape index (κ1) is 27.3. The molecule has 2 heterocycles. The molecule has 0 amide bonds. The molecule has 3 aromatic rings. The van der Waals surface area contributed by atoms with Crippen LogP contribution in [0.25, 0.3) is 11.4 Å². The molecule has 11 nitrogen and oxygen atoms in total. The Balaban J connectivity index is 1.36. The van der Waals surface area contributed by atoms with Crippen molar-refractivity contribution in [1.29, 1.82) is 0 Å². The zero-order valence-corrected chi connectivity index (χ0v) is 22.2. The molecule has 2 aromatic heterocycles. The molecule has 1 saturated carbocycles. The lowest BCUT2D eigenvalue weighted by Crippen LogP contribution is -2.29. The van der Waals surface area contributed by atoms with E-state index in [4.69, 9.17) is 25.9 Å². The molecule has 1 aliphatic rings. The van der Waals surface area contributed by atoms with Crippen LogP contribution in [-0.4, -0.2) is 55.4 Å². The lowest BCUT2D eigenvalue weighted by atomic mass is 9.87. The number of carbonyl (C=O) groups is 2. The number of rotatable bonds is 9. The van der Waals surface area contributed by atoms with Crippen LogP contribution in [0.15, 0.2) is 36.4 Å². The maximum atomic E-state index is 12.3. The summed E-state index contributed by atoms with van der Waals surface area (Å²) in [6.45, 7) is 2.06. The number of benzene rings is 1. The number of aryl methyl sites for hydroxylation is 2. The van der Waals surface area contributed by atoms with E-state index < -0.39 is 12.1 Å². The molecule has 0 spiro atoms. The van der Waals surface area contributed by atoms with Gasteiger partial charge in [-0.1, -0.05) is 28.9 Å². The molecule has 12 heteroatoms. The molecule has 1 N–H and O–H groups in total. The van der Waals surface area contributed by atoms with E-state index in [0.717, 1.165) is 18.4 Å². The Labute approximate surface area is 225 Å². The summed E-state index contributed by atoms with van der Waals surface area (Å²) in [5.41, 5.74) is 3.11. The van der Waals surface area contributed by atoms with Gasteiger partial charge in [0.15, 0.2) is 0 Å². The fraction of sp³-hybridized carbons (Fsp3) is 0.423. The van der Waals surface area contributed by atoms with E-state index in [1.54, 1.807) is 38.4 Å². The topological polar surface area (TPSA) is 129 Å². The minimum Gasteiger partial charge on any atom is -0.489 e. The quantitative estimate of drug-likeness (QED) is 0.303. The van der Waals surface area contributed by atoms with Crippen molar-refractivity contribution in [2.75, 3.05) is 7.05 Å². The molecule has 4 rings (SSSR count). The third-order valence-corrected chi connectivity index (χ3v) is 6.62. The number of carboxylic acids is 1. The summed E-state index contributed by atoms with van der Waals surface area (Å²) >= 11 is 5.90. The van der Waals surface area contributed by atoms with Crippen molar-refractivity contribution in [3.8, 4) is 17.1 Å². The van der Waals surface area contributed by atoms with Gasteiger partial charge in [0.05, 0.1) is 30.0 Å². The molecular weight excluding hydrogens is 514 g/mol. The third-order valence-electron chi connectivity index (χ3n) is 6.37. The highest BCUT2D eigenvalue weighted by molar-refractivity contribution is 6.30. The molecule has 1 aliphatic carbocycles. The summed E-state index contributed by atoms with van der Waals surface area (Å²) in [6, 6.07) is 10.8. The molecular formula is C26H30ClN5O6. The number of halogens is 1. The molecule has 1 fully saturated rings. The standard InChI is InChI=1S/C26H30ClN5O6/c1-16-23(37-20-6-4-5-18(13-20)25(33)34)12-11-21(28-16)24-22(32(3)30-29-24)15-36-26(35)38-31(2)14-17-7-9-19(27)10-8-17/h7-12,18,20H,4-6,13-15H2,1-3H3,(H,33,34)/t18-,20-/m0/s1. The van der Waals surface area contributed by atoms with Crippen LogP contribution in [0.5, 0.6) is 5.75 Å². The Morgan fingerprint density at radius 2 is 1.95 bits per heavy atom. The number of hydrogen-bond donors (Lipinski definition) is 1. The average molecular weight is 544 g/mol. The van der Waals surface area contributed by atoms with E-state index >= 15 is 0 Å². The van der Waals surface area contributed by atoms with Crippen LogP contribution in [0.4, 0.5) is 4.79 Å². The number of carboxylic acid groups (broad SMARTS) is 1. The summed E-state index contributed by atoms with van der Waals surface area (Å²) in [6.07, 6.45) is 1.74. The highest BCUT2D eigenvalue weighted by atomic mass is 35.5. The van der Waals surface area contributed by atoms with Crippen LogP contribution in [-0.2, 0) is 34.6 Å². The lowest BCUT2D eigenvalue weighted by molar-refractivity contribution is -0.143. The fourth-order valence-corrected chi connectivity index (χ4v) is 4.48. The second-order valence-corrected chi connectivity index (χ2v) is 9.71. The largest absolute Gasteiger partial charge is 0.528 e. The van der Waals surface area contributed by atoms with Crippen molar-refractivity contribution in [3.63, 3.8) is 0 Å². The van der Waals surface area contributed by atoms with Gasteiger partial charge in [0.25, 0.3) is 0 Å². The zero-order chi connectivity index (χ0) is 27.2. The first-order chi connectivity index (χ1) is 18.2. The number of carbonyl (C=O) groups excluding carboxylic acids is 1. The molecule has 38 heavy (non-hydrogen) atoms. The molecule has 0 unspecified atom stereocenters. The highest BCUT2D eigenvalue weighted by Crippen LogP contribution is 2.30. The van der Waals surface area contributed by atoms with Gasteiger partial charge in [-0.2, -0.15) is 0 Å². The predicted molar refractivity (Wildman–Crippen MR) is 137 cm³/mol. The number of aliphatic carboxylic acids is 1. The van der Waals surface area contributed by atoms with Crippen LogP contribution in [0.1, 0.15) is 42.6 Å². The monoisotopic (exact) mass is 543 g/mol. The Morgan fingerprint density at radius 3 is 2.66 bits per heavy atom. The van der Waals surface area contributed by atoms with Gasteiger partial charge >= 0.3 is 12.1 Å². The number of hydrogen-bond acceptors (Lipinski definition) is 9. The van der Waals surface area contributed by atoms with Gasteiger partial charge in [0, 0.05) is 19.1 Å². The summed E-state index contributed by atoms with van der Waals surface area (Å²) in [7, 11) is 3.32. The number of aromatic nitrogens is 4. The van der Waals surface area contributed by atoms with Crippen molar-refractivity contribution in [2.45, 2.75) is 51.9 Å². The molecule has 0 radical (unpaired) electrons. The van der Waals surface area contributed by atoms with E-state index in [2.05, 4.69) is 15.3 Å². The van der Waals surface area contributed by atoms with Gasteiger partial charge < -0.3 is 19.4 Å². The van der Waals surface area contributed by atoms with Crippen LogP contribution in [0.2, 0.25) is 5.02 Å². The van der Waals surface area contributed by atoms with E-state index in [0.29, 0.717) is 52.9 Å². The first-order valence-corrected chi connectivity index (χ1v) is 12.6. The van der Waals surface area contributed by atoms with E-state index in [1.807, 2.05) is 19.1 Å². The summed E-state index contributed by atoms with van der Waals surface area (Å²) in [5, 5.41) is 19.6. The van der Waals surface area contributed by atoms with Crippen LogP contribution in [0.3, 0.4) is 0 Å². The fourth-order valence-electron chi connectivity index (χ4n) is 4.36. The van der Waals surface area contributed by atoms with E-state index in [1.165, 1.54) is 9.75 Å². The summed E-state index contributed by atoms with van der Waals surface area (Å²) in [5.74, 6) is -0.566.